The summed E-state index contributed by atoms with van der Waals surface area (Å²) in [5, 5.41) is 3.16. The summed E-state index contributed by atoms with van der Waals surface area (Å²) in [4.78, 5) is 0. The average molecular weight is 239 g/mol. The zero-order valence-electron chi connectivity index (χ0n) is 11.4. The highest BCUT2D eigenvalue weighted by Gasteiger charge is 2.01. The second kappa shape index (κ2) is 5.83. The lowest BCUT2D eigenvalue weighted by molar-refractivity contribution is 0.818. The van der Waals surface area contributed by atoms with E-state index in [1.165, 1.54) is 22.3 Å². The van der Waals surface area contributed by atoms with Crippen LogP contribution in [0.5, 0.6) is 0 Å². The van der Waals surface area contributed by atoms with Gasteiger partial charge in [-0.1, -0.05) is 62.4 Å². The SMILES string of the molecule is CNCc1ccc(-c2ccc(C(C)C)cc2)cc1. The van der Waals surface area contributed by atoms with Gasteiger partial charge in [0, 0.05) is 6.54 Å². The van der Waals surface area contributed by atoms with E-state index in [4.69, 9.17) is 0 Å². The normalized spacial score (nSPS) is 10.9. The van der Waals surface area contributed by atoms with Crippen LogP contribution in [0, 0.1) is 0 Å². The molecule has 0 aliphatic rings. The summed E-state index contributed by atoms with van der Waals surface area (Å²) in [5.74, 6) is 0.594. The largest absolute Gasteiger partial charge is 0.316 e. The van der Waals surface area contributed by atoms with Gasteiger partial charge in [-0.2, -0.15) is 0 Å². The summed E-state index contributed by atoms with van der Waals surface area (Å²) in [7, 11) is 1.97. The molecule has 0 aliphatic heterocycles. The highest BCUT2D eigenvalue weighted by molar-refractivity contribution is 5.64. The molecular formula is C17H21N. The van der Waals surface area contributed by atoms with Crippen LogP contribution in [0.4, 0.5) is 0 Å². The van der Waals surface area contributed by atoms with E-state index in [9.17, 15) is 0 Å². The minimum atomic E-state index is 0.594. The number of hydrogen-bond donors (Lipinski definition) is 1. The van der Waals surface area contributed by atoms with Crippen molar-refractivity contribution in [3.63, 3.8) is 0 Å². The van der Waals surface area contributed by atoms with Gasteiger partial charge in [0.15, 0.2) is 0 Å². The summed E-state index contributed by atoms with van der Waals surface area (Å²) in [5.41, 5.74) is 5.28. The molecule has 0 fully saturated rings. The smallest absolute Gasteiger partial charge is 0.0202 e. The molecular weight excluding hydrogens is 218 g/mol. The van der Waals surface area contributed by atoms with E-state index < -0.39 is 0 Å². The molecule has 1 nitrogen and oxygen atoms in total. The van der Waals surface area contributed by atoms with Crippen molar-refractivity contribution in [2.24, 2.45) is 0 Å². The predicted octanol–water partition coefficient (Wildman–Crippen LogP) is 4.20. The van der Waals surface area contributed by atoms with Crippen LogP contribution < -0.4 is 5.32 Å². The number of rotatable bonds is 4. The fraction of sp³-hybridized carbons (Fsp3) is 0.294. The Balaban J connectivity index is 2.20. The van der Waals surface area contributed by atoms with Gasteiger partial charge in [-0.05, 0) is 35.2 Å². The maximum Gasteiger partial charge on any atom is 0.0202 e. The molecule has 0 spiro atoms. The highest BCUT2D eigenvalue weighted by Crippen LogP contribution is 2.22. The summed E-state index contributed by atoms with van der Waals surface area (Å²) in [6.07, 6.45) is 0. The van der Waals surface area contributed by atoms with Crippen molar-refractivity contribution in [1.29, 1.82) is 0 Å². The fourth-order valence-electron chi connectivity index (χ4n) is 2.08. The van der Waals surface area contributed by atoms with Crippen molar-refractivity contribution in [3.05, 3.63) is 59.7 Å². The van der Waals surface area contributed by atoms with Gasteiger partial charge < -0.3 is 5.32 Å². The van der Waals surface area contributed by atoms with E-state index in [1.54, 1.807) is 0 Å². The van der Waals surface area contributed by atoms with Crippen LogP contribution in [-0.2, 0) is 6.54 Å². The van der Waals surface area contributed by atoms with E-state index in [-0.39, 0.29) is 0 Å². The van der Waals surface area contributed by atoms with Gasteiger partial charge in [0.1, 0.15) is 0 Å². The van der Waals surface area contributed by atoms with Crippen molar-refractivity contribution in [2.45, 2.75) is 26.3 Å². The maximum atomic E-state index is 3.16. The first-order valence-corrected chi connectivity index (χ1v) is 6.54. The Morgan fingerprint density at radius 1 is 0.833 bits per heavy atom. The van der Waals surface area contributed by atoms with Crippen LogP contribution in [0.3, 0.4) is 0 Å². The van der Waals surface area contributed by atoms with E-state index >= 15 is 0 Å². The molecule has 2 aromatic carbocycles. The van der Waals surface area contributed by atoms with Crippen molar-refractivity contribution >= 4 is 0 Å². The first-order valence-electron chi connectivity index (χ1n) is 6.54. The van der Waals surface area contributed by atoms with E-state index in [2.05, 4.69) is 67.7 Å². The van der Waals surface area contributed by atoms with Gasteiger partial charge in [-0.25, -0.2) is 0 Å². The zero-order valence-corrected chi connectivity index (χ0v) is 11.4. The second-order valence-corrected chi connectivity index (χ2v) is 5.00. The summed E-state index contributed by atoms with van der Waals surface area (Å²) in [6.45, 7) is 5.37. The van der Waals surface area contributed by atoms with Crippen LogP contribution in [0.25, 0.3) is 11.1 Å². The van der Waals surface area contributed by atoms with Crippen LogP contribution in [0.15, 0.2) is 48.5 Å². The number of nitrogens with one attached hydrogen (secondary N) is 1. The molecule has 0 saturated carbocycles. The molecule has 0 saturated heterocycles. The second-order valence-electron chi connectivity index (χ2n) is 5.00. The third-order valence-corrected chi connectivity index (χ3v) is 3.25. The Labute approximate surface area is 110 Å². The summed E-state index contributed by atoms with van der Waals surface area (Å²) < 4.78 is 0. The molecule has 2 rings (SSSR count). The molecule has 0 radical (unpaired) electrons. The molecule has 18 heavy (non-hydrogen) atoms. The maximum absolute atomic E-state index is 3.16. The van der Waals surface area contributed by atoms with E-state index in [0.29, 0.717) is 5.92 Å². The first-order chi connectivity index (χ1) is 8.70. The lowest BCUT2D eigenvalue weighted by Crippen LogP contribution is -2.04. The molecule has 94 valence electrons. The number of benzene rings is 2. The molecule has 0 bridgehead atoms. The van der Waals surface area contributed by atoms with Gasteiger partial charge in [0.05, 0.1) is 0 Å². The summed E-state index contributed by atoms with van der Waals surface area (Å²) >= 11 is 0. The minimum Gasteiger partial charge on any atom is -0.316 e. The molecule has 0 amide bonds. The molecule has 1 N–H and O–H groups in total. The standard InChI is InChI=1S/C17H21N/c1-13(2)15-8-10-17(11-9-15)16-6-4-14(5-7-16)12-18-3/h4-11,13,18H,12H2,1-3H3. The molecule has 0 aromatic heterocycles. The van der Waals surface area contributed by atoms with Crippen LogP contribution >= 0.6 is 0 Å². The highest BCUT2D eigenvalue weighted by atomic mass is 14.8. The van der Waals surface area contributed by atoms with Gasteiger partial charge >= 0.3 is 0 Å². The minimum absolute atomic E-state index is 0.594. The Morgan fingerprint density at radius 3 is 1.78 bits per heavy atom. The lowest BCUT2D eigenvalue weighted by Gasteiger charge is -2.08. The van der Waals surface area contributed by atoms with Crippen LogP contribution in [0.1, 0.15) is 30.9 Å². The zero-order chi connectivity index (χ0) is 13.0. The topological polar surface area (TPSA) is 12.0 Å². The van der Waals surface area contributed by atoms with Gasteiger partial charge in [0.2, 0.25) is 0 Å². The third-order valence-electron chi connectivity index (χ3n) is 3.25. The molecule has 2 aromatic rings. The molecule has 1 heteroatoms. The van der Waals surface area contributed by atoms with Crippen LogP contribution in [-0.4, -0.2) is 7.05 Å². The van der Waals surface area contributed by atoms with E-state index in [1.807, 2.05) is 7.05 Å². The molecule has 0 aliphatic carbocycles. The van der Waals surface area contributed by atoms with Crippen molar-refractivity contribution in [1.82, 2.24) is 5.32 Å². The lowest BCUT2D eigenvalue weighted by atomic mass is 9.98. The monoisotopic (exact) mass is 239 g/mol. The first kappa shape index (κ1) is 12.8. The molecule has 0 atom stereocenters. The Morgan fingerprint density at radius 2 is 1.33 bits per heavy atom. The Hall–Kier alpha value is -1.60. The molecule has 0 unspecified atom stereocenters. The molecule has 0 heterocycles. The fourth-order valence-corrected chi connectivity index (χ4v) is 2.08. The Kier molecular flexibility index (Phi) is 4.16. The van der Waals surface area contributed by atoms with Crippen molar-refractivity contribution in [2.75, 3.05) is 7.05 Å². The Bertz CT molecular complexity index is 480. The van der Waals surface area contributed by atoms with Crippen LogP contribution in [0.2, 0.25) is 0 Å². The van der Waals surface area contributed by atoms with Gasteiger partial charge in [0.25, 0.3) is 0 Å². The third kappa shape index (κ3) is 2.99. The predicted molar refractivity (Wildman–Crippen MR) is 78.7 cm³/mol. The quantitative estimate of drug-likeness (QED) is 0.843. The van der Waals surface area contributed by atoms with Gasteiger partial charge in [-0.3, -0.25) is 0 Å². The number of hydrogen-bond acceptors (Lipinski definition) is 1. The van der Waals surface area contributed by atoms with Crippen molar-refractivity contribution in [3.8, 4) is 11.1 Å². The average Bonchev–Trinajstić information content (AvgIpc) is 2.40. The van der Waals surface area contributed by atoms with E-state index in [0.717, 1.165) is 6.54 Å². The summed E-state index contributed by atoms with van der Waals surface area (Å²) in [6, 6.07) is 17.6. The van der Waals surface area contributed by atoms with Gasteiger partial charge in [-0.15, -0.1) is 0 Å². The van der Waals surface area contributed by atoms with Crippen molar-refractivity contribution < 1.29 is 0 Å².